The van der Waals surface area contributed by atoms with Crippen LogP contribution in [0.4, 0.5) is 0 Å². The molecule has 0 atom stereocenters. The minimum atomic E-state index is 0.455. The Bertz CT molecular complexity index is 203. The van der Waals surface area contributed by atoms with Gasteiger partial charge < -0.3 is 21.3 Å². The van der Waals surface area contributed by atoms with Gasteiger partial charge in [0, 0.05) is 12.1 Å². The average molecular weight is 284 g/mol. The highest BCUT2D eigenvalue weighted by Crippen LogP contribution is 2.22. The normalized spacial score (nSPS) is 23.4. The third-order valence-corrected chi connectivity index (χ3v) is 4.36. The number of rotatable bonds is 11. The third-order valence-electron chi connectivity index (χ3n) is 4.36. The maximum Gasteiger partial charge on any atom is 0.00964 e. The molecule has 0 unspecified atom stereocenters. The molecule has 1 saturated carbocycles. The van der Waals surface area contributed by atoms with E-state index in [4.69, 9.17) is 5.73 Å². The van der Waals surface area contributed by atoms with Crippen molar-refractivity contribution in [2.75, 3.05) is 39.3 Å². The lowest BCUT2D eigenvalue weighted by molar-refractivity contribution is 0.146. The second-order valence-corrected chi connectivity index (χ2v) is 6.02. The van der Waals surface area contributed by atoms with Gasteiger partial charge in [-0.2, -0.15) is 0 Å². The lowest BCUT2D eigenvalue weighted by Crippen LogP contribution is -2.43. The topological polar surface area (TPSA) is 53.3 Å². The van der Waals surface area contributed by atoms with Crippen LogP contribution in [0, 0.1) is 0 Å². The van der Waals surface area contributed by atoms with Crippen LogP contribution in [0.15, 0.2) is 0 Å². The Hall–Kier alpha value is -0.160. The Morgan fingerprint density at radius 3 is 1.85 bits per heavy atom. The predicted molar refractivity (Wildman–Crippen MR) is 88.1 cm³/mol. The first-order valence-electron chi connectivity index (χ1n) is 8.69. The van der Waals surface area contributed by atoms with E-state index in [2.05, 4.69) is 29.4 Å². The van der Waals surface area contributed by atoms with Crippen molar-refractivity contribution in [1.82, 2.24) is 15.5 Å². The van der Waals surface area contributed by atoms with Crippen molar-refractivity contribution in [3.8, 4) is 0 Å². The highest BCUT2D eigenvalue weighted by Gasteiger charge is 2.23. The van der Waals surface area contributed by atoms with Gasteiger partial charge in [0.05, 0.1) is 0 Å². The molecule has 20 heavy (non-hydrogen) atoms. The first-order chi connectivity index (χ1) is 9.77. The molecule has 0 amide bonds. The molecule has 0 heterocycles. The number of nitrogens with two attached hydrogens (primary N) is 1. The first-order valence-corrected chi connectivity index (χ1v) is 8.69. The molecule has 1 aliphatic carbocycles. The summed E-state index contributed by atoms with van der Waals surface area (Å²) in [6.07, 6.45) is 7.53. The fraction of sp³-hybridized carbons (Fsp3) is 1.00. The summed E-state index contributed by atoms with van der Waals surface area (Å²) in [5.74, 6) is 0. The molecule has 0 radical (unpaired) electrons. The van der Waals surface area contributed by atoms with E-state index < -0.39 is 0 Å². The van der Waals surface area contributed by atoms with Crippen molar-refractivity contribution in [3.63, 3.8) is 0 Å². The summed E-state index contributed by atoms with van der Waals surface area (Å²) < 4.78 is 0. The maximum absolute atomic E-state index is 6.04. The quantitative estimate of drug-likeness (QED) is 0.504. The molecule has 0 aliphatic heterocycles. The Morgan fingerprint density at radius 1 is 0.900 bits per heavy atom. The molecule has 0 aromatic heterocycles. The first kappa shape index (κ1) is 17.9. The van der Waals surface area contributed by atoms with Crippen molar-refractivity contribution in [2.24, 2.45) is 5.73 Å². The molecule has 0 aromatic carbocycles. The third kappa shape index (κ3) is 7.58. The zero-order valence-corrected chi connectivity index (χ0v) is 13.7. The van der Waals surface area contributed by atoms with Crippen molar-refractivity contribution in [2.45, 2.75) is 64.5 Å². The predicted octanol–water partition coefficient (Wildman–Crippen LogP) is 1.56. The molecule has 1 fully saturated rings. The van der Waals surface area contributed by atoms with E-state index in [1.54, 1.807) is 0 Å². The molecule has 0 saturated heterocycles. The number of hydrogen-bond acceptors (Lipinski definition) is 4. The zero-order chi connectivity index (χ0) is 14.6. The molecule has 0 bridgehead atoms. The minimum absolute atomic E-state index is 0.455. The van der Waals surface area contributed by atoms with Gasteiger partial charge in [-0.15, -0.1) is 0 Å². The molecule has 120 valence electrons. The fourth-order valence-electron chi connectivity index (χ4n) is 3.11. The average Bonchev–Trinajstić information content (AvgIpc) is 2.47. The van der Waals surface area contributed by atoms with Gasteiger partial charge in [0.25, 0.3) is 0 Å². The Morgan fingerprint density at radius 2 is 1.40 bits per heavy atom. The van der Waals surface area contributed by atoms with Crippen LogP contribution in [0.1, 0.15) is 52.4 Å². The molecule has 0 spiro atoms. The van der Waals surface area contributed by atoms with Crippen LogP contribution in [0.3, 0.4) is 0 Å². The Kier molecular flexibility index (Phi) is 10.3. The largest absolute Gasteiger partial charge is 0.328 e. The standard InChI is InChI=1S/C16H36N4/c1-3-18-11-5-13-20(14-6-12-19-4-2)16-9-7-15(17)8-10-16/h15-16,18-19H,3-14,17H2,1-2H3. The number of nitrogens with zero attached hydrogens (tertiary/aromatic N) is 1. The summed E-state index contributed by atoms with van der Waals surface area (Å²) in [5, 5.41) is 6.86. The van der Waals surface area contributed by atoms with Crippen LogP contribution in [-0.2, 0) is 0 Å². The van der Waals surface area contributed by atoms with E-state index in [1.165, 1.54) is 51.6 Å². The van der Waals surface area contributed by atoms with E-state index in [0.29, 0.717) is 6.04 Å². The van der Waals surface area contributed by atoms with E-state index in [-0.39, 0.29) is 0 Å². The Balaban J connectivity index is 2.29. The molecule has 1 aliphatic rings. The summed E-state index contributed by atoms with van der Waals surface area (Å²) in [5.41, 5.74) is 6.04. The molecule has 4 heteroatoms. The van der Waals surface area contributed by atoms with Gasteiger partial charge in [0.1, 0.15) is 0 Å². The van der Waals surface area contributed by atoms with Crippen molar-refractivity contribution < 1.29 is 0 Å². The van der Waals surface area contributed by atoms with Crippen LogP contribution >= 0.6 is 0 Å². The van der Waals surface area contributed by atoms with Gasteiger partial charge >= 0.3 is 0 Å². The fourth-order valence-corrected chi connectivity index (χ4v) is 3.11. The van der Waals surface area contributed by atoms with Crippen molar-refractivity contribution in [3.05, 3.63) is 0 Å². The van der Waals surface area contributed by atoms with Crippen LogP contribution in [-0.4, -0.2) is 56.3 Å². The van der Waals surface area contributed by atoms with E-state index in [1.807, 2.05) is 0 Å². The minimum Gasteiger partial charge on any atom is -0.328 e. The number of hydrogen-bond donors (Lipinski definition) is 3. The van der Waals surface area contributed by atoms with Crippen LogP contribution in [0.25, 0.3) is 0 Å². The lowest BCUT2D eigenvalue weighted by Gasteiger charge is -2.36. The van der Waals surface area contributed by atoms with Crippen LogP contribution < -0.4 is 16.4 Å². The van der Waals surface area contributed by atoms with Crippen molar-refractivity contribution >= 4 is 0 Å². The van der Waals surface area contributed by atoms with Gasteiger partial charge in [-0.3, -0.25) is 0 Å². The smallest absolute Gasteiger partial charge is 0.00964 e. The molecular formula is C16H36N4. The summed E-state index contributed by atoms with van der Waals surface area (Å²) in [7, 11) is 0. The van der Waals surface area contributed by atoms with E-state index in [9.17, 15) is 0 Å². The van der Waals surface area contributed by atoms with Gasteiger partial charge in [0.2, 0.25) is 0 Å². The summed E-state index contributed by atoms with van der Waals surface area (Å²) in [6.45, 7) is 11.3. The lowest BCUT2D eigenvalue weighted by atomic mass is 9.90. The second-order valence-electron chi connectivity index (χ2n) is 6.02. The SMILES string of the molecule is CCNCCCN(CCCNCC)C1CCC(N)CC1. The molecule has 0 aromatic rings. The zero-order valence-electron chi connectivity index (χ0n) is 13.7. The highest BCUT2D eigenvalue weighted by atomic mass is 15.2. The maximum atomic E-state index is 6.04. The second kappa shape index (κ2) is 11.5. The highest BCUT2D eigenvalue weighted by molar-refractivity contribution is 4.81. The molecule has 1 rings (SSSR count). The Labute approximate surface area is 125 Å². The monoisotopic (exact) mass is 284 g/mol. The summed E-state index contributed by atoms with van der Waals surface area (Å²) >= 11 is 0. The number of nitrogens with one attached hydrogen (secondary N) is 2. The molecule has 4 N–H and O–H groups in total. The van der Waals surface area contributed by atoms with E-state index >= 15 is 0 Å². The van der Waals surface area contributed by atoms with Gasteiger partial charge in [-0.25, -0.2) is 0 Å². The van der Waals surface area contributed by atoms with Crippen molar-refractivity contribution in [1.29, 1.82) is 0 Å². The van der Waals surface area contributed by atoms with Crippen LogP contribution in [0.5, 0.6) is 0 Å². The molecule has 4 nitrogen and oxygen atoms in total. The molecular weight excluding hydrogens is 248 g/mol. The summed E-state index contributed by atoms with van der Waals surface area (Å²) in [4.78, 5) is 2.72. The summed E-state index contributed by atoms with van der Waals surface area (Å²) in [6, 6.07) is 1.23. The van der Waals surface area contributed by atoms with E-state index in [0.717, 1.165) is 32.2 Å². The van der Waals surface area contributed by atoms with Crippen LogP contribution in [0.2, 0.25) is 0 Å². The van der Waals surface area contributed by atoms with Gasteiger partial charge in [0.15, 0.2) is 0 Å². The van der Waals surface area contributed by atoms with Gasteiger partial charge in [-0.05, 0) is 77.8 Å². The van der Waals surface area contributed by atoms with Gasteiger partial charge in [-0.1, -0.05) is 13.8 Å².